The first-order valence-electron chi connectivity index (χ1n) is 3.99. The number of hydrogen-bond acceptors (Lipinski definition) is 4. The number of carbonyl (C=O) groups is 1. The van der Waals surface area contributed by atoms with Crippen molar-refractivity contribution in [1.29, 1.82) is 5.26 Å². The third-order valence-corrected chi connectivity index (χ3v) is 2.95. The third kappa shape index (κ3) is 2.31. The lowest BCUT2D eigenvalue weighted by Crippen LogP contribution is -2.09. The molecule has 0 aliphatic rings. The predicted octanol–water partition coefficient (Wildman–Crippen LogP) is 2.49. The van der Waals surface area contributed by atoms with Crippen LogP contribution in [0, 0.1) is 25.0 Å². The molecule has 0 fully saturated rings. The molecule has 0 bridgehead atoms. The Morgan fingerprint density at radius 1 is 1.62 bits per heavy atom. The summed E-state index contributed by atoms with van der Waals surface area (Å²) in [6.07, 6.45) is 0. The Morgan fingerprint density at radius 3 is 2.69 bits per heavy atom. The summed E-state index contributed by atoms with van der Waals surface area (Å²) in [5, 5.41) is 19.6. The average Bonchev–Trinajstić information content (AvgIpc) is 2.27. The van der Waals surface area contributed by atoms with Crippen molar-refractivity contribution in [3.05, 3.63) is 36.9 Å². The van der Waals surface area contributed by atoms with Crippen molar-refractivity contribution >= 4 is 45.7 Å². The summed E-state index contributed by atoms with van der Waals surface area (Å²) >= 11 is 7.10. The Labute approximate surface area is 109 Å². The number of benzene rings is 1. The number of Topliss-reactive ketones (excluding diaryl/α,β-unsaturated/α-hetero) is 1. The quantitative estimate of drug-likeness (QED) is 0.276. The van der Waals surface area contributed by atoms with E-state index in [0.29, 0.717) is 3.57 Å². The molecule has 0 aromatic heterocycles. The molecule has 0 saturated heterocycles. The van der Waals surface area contributed by atoms with Crippen molar-refractivity contribution in [2.75, 3.05) is 5.88 Å². The normalized spacial score (nSPS) is 9.56. The molecule has 82 valence electrons. The van der Waals surface area contributed by atoms with Crippen LogP contribution < -0.4 is 0 Å². The molecular formula is C9H4ClIN2O3. The van der Waals surface area contributed by atoms with Crippen molar-refractivity contribution < 1.29 is 9.72 Å². The van der Waals surface area contributed by atoms with Crippen LogP contribution in [0.5, 0.6) is 0 Å². The highest BCUT2D eigenvalue weighted by Gasteiger charge is 2.26. The van der Waals surface area contributed by atoms with E-state index in [1.165, 1.54) is 12.1 Å². The highest BCUT2D eigenvalue weighted by atomic mass is 127. The highest BCUT2D eigenvalue weighted by Crippen LogP contribution is 2.28. The van der Waals surface area contributed by atoms with E-state index in [1.807, 2.05) is 0 Å². The van der Waals surface area contributed by atoms with Gasteiger partial charge in [0.05, 0.1) is 19.9 Å². The van der Waals surface area contributed by atoms with Crippen LogP contribution in [-0.4, -0.2) is 16.6 Å². The summed E-state index contributed by atoms with van der Waals surface area (Å²) in [4.78, 5) is 21.6. The number of rotatable bonds is 3. The van der Waals surface area contributed by atoms with Gasteiger partial charge in [-0.25, -0.2) is 0 Å². The van der Waals surface area contributed by atoms with Gasteiger partial charge in [0.2, 0.25) is 0 Å². The van der Waals surface area contributed by atoms with Gasteiger partial charge in [0.25, 0.3) is 5.69 Å². The van der Waals surface area contributed by atoms with E-state index in [0.717, 1.165) is 0 Å². The number of nitriles is 1. The first kappa shape index (κ1) is 12.9. The lowest BCUT2D eigenvalue weighted by atomic mass is 10.0. The van der Waals surface area contributed by atoms with Crippen LogP contribution >= 0.6 is 34.2 Å². The molecule has 0 unspecified atom stereocenters. The maximum absolute atomic E-state index is 11.5. The van der Waals surface area contributed by atoms with Crippen LogP contribution in [0.1, 0.15) is 15.9 Å². The molecule has 0 heterocycles. The summed E-state index contributed by atoms with van der Waals surface area (Å²) in [6.45, 7) is 0. The molecule has 0 amide bonds. The molecule has 0 N–H and O–H groups in total. The second kappa shape index (κ2) is 5.23. The lowest BCUT2D eigenvalue weighted by molar-refractivity contribution is -0.386. The van der Waals surface area contributed by atoms with Gasteiger partial charge in [-0.05, 0) is 34.7 Å². The second-order valence-corrected chi connectivity index (χ2v) is 4.17. The van der Waals surface area contributed by atoms with Crippen LogP contribution in [0.15, 0.2) is 12.1 Å². The first-order valence-corrected chi connectivity index (χ1v) is 5.60. The maximum Gasteiger partial charge on any atom is 0.294 e. The van der Waals surface area contributed by atoms with Crippen LogP contribution in [0.25, 0.3) is 0 Å². The van der Waals surface area contributed by atoms with E-state index in [-0.39, 0.29) is 16.8 Å². The summed E-state index contributed by atoms with van der Waals surface area (Å²) in [6, 6.07) is 4.53. The standard InChI is InChI=1S/C9H4ClIN2O3/c10-3-7(14)8-5(4-12)1-2-6(11)9(8)13(15)16/h1-2H,3H2. The minimum Gasteiger partial charge on any atom is -0.293 e. The van der Waals surface area contributed by atoms with Crippen molar-refractivity contribution in [2.24, 2.45) is 0 Å². The molecule has 5 nitrogen and oxygen atoms in total. The van der Waals surface area contributed by atoms with E-state index in [2.05, 4.69) is 0 Å². The maximum atomic E-state index is 11.5. The van der Waals surface area contributed by atoms with Crippen LogP contribution in [0.3, 0.4) is 0 Å². The van der Waals surface area contributed by atoms with Crippen molar-refractivity contribution in [3.63, 3.8) is 0 Å². The van der Waals surface area contributed by atoms with Gasteiger partial charge in [-0.1, -0.05) is 0 Å². The Hall–Kier alpha value is -1.20. The zero-order valence-corrected chi connectivity index (χ0v) is 10.7. The predicted molar refractivity (Wildman–Crippen MR) is 65.6 cm³/mol. The van der Waals surface area contributed by atoms with Gasteiger partial charge in [-0.2, -0.15) is 5.26 Å². The molecule has 0 aliphatic carbocycles. The first-order chi connectivity index (χ1) is 7.52. The van der Waals surface area contributed by atoms with Crippen molar-refractivity contribution in [1.82, 2.24) is 0 Å². The minimum absolute atomic E-state index is 0.0298. The Balaban J connectivity index is 3.63. The fraction of sp³-hybridized carbons (Fsp3) is 0.111. The van der Waals surface area contributed by atoms with Crippen LogP contribution in [0.4, 0.5) is 5.69 Å². The van der Waals surface area contributed by atoms with Crippen molar-refractivity contribution in [3.8, 4) is 6.07 Å². The van der Waals surface area contributed by atoms with Gasteiger partial charge in [0.15, 0.2) is 5.78 Å². The molecule has 1 rings (SSSR count). The monoisotopic (exact) mass is 350 g/mol. The number of hydrogen-bond donors (Lipinski definition) is 0. The van der Waals surface area contributed by atoms with Gasteiger partial charge in [-0.15, -0.1) is 11.6 Å². The Bertz CT molecular complexity index is 510. The van der Waals surface area contributed by atoms with Crippen LogP contribution in [0.2, 0.25) is 0 Å². The zero-order valence-electron chi connectivity index (χ0n) is 7.74. The van der Waals surface area contributed by atoms with Gasteiger partial charge in [-0.3, -0.25) is 14.9 Å². The molecule has 7 heteroatoms. The number of alkyl halides is 1. The molecule has 0 aliphatic heterocycles. The lowest BCUT2D eigenvalue weighted by Gasteiger charge is -2.03. The molecule has 16 heavy (non-hydrogen) atoms. The summed E-state index contributed by atoms with van der Waals surface area (Å²) in [5.74, 6) is -1.02. The molecule has 0 saturated carbocycles. The number of carbonyl (C=O) groups excluding carboxylic acids is 1. The Kier molecular flexibility index (Phi) is 4.20. The van der Waals surface area contributed by atoms with E-state index in [4.69, 9.17) is 16.9 Å². The molecule has 0 spiro atoms. The largest absolute Gasteiger partial charge is 0.294 e. The zero-order chi connectivity index (χ0) is 12.3. The third-order valence-electron chi connectivity index (χ3n) is 1.83. The van der Waals surface area contributed by atoms with Crippen molar-refractivity contribution in [2.45, 2.75) is 0 Å². The van der Waals surface area contributed by atoms with Gasteiger partial charge in [0.1, 0.15) is 11.6 Å². The van der Waals surface area contributed by atoms with Crippen LogP contribution in [-0.2, 0) is 0 Å². The summed E-state index contributed by atoms with van der Waals surface area (Å²) in [5.41, 5.74) is -0.600. The van der Waals surface area contributed by atoms with E-state index in [1.54, 1.807) is 28.7 Å². The summed E-state index contributed by atoms with van der Waals surface area (Å²) in [7, 11) is 0. The number of ketones is 1. The molecule has 1 aromatic carbocycles. The number of nitro benzene ring substituents is 1. The molecule has 0 radical (unpaired) electrons. The molecular weight excluding hydrogens is 346 g/mol. The molecule has 1 aromatic rings. The fourth-order valence-electron chi connectivity index (χ4n) is 1.19. The fourth-order valence-corrected chi connectivity index (χ4v) is 1.97. The summed E-state index contributed by atoms with van der Waals surface area (Å²) < 4.78 is 0.301. The second-order valence-electron chi connectivity index (χ2n) is 2.74. The number of halogens is 2. The number of nitrogens with zero attached hydrogens (tertiary/aromatic N) is 2. The van der Waals surface area contributed by atoms with E-state index < -0.39 is 16.6 Å². The highest BCUT2D eigenvalue weighted by molar-refractivity contribution is 14.1. The SMILES string of the molecule is N#Cc1ccc(I)c([N+](=O)[O-])c1C(=O)CCl. The van der Waals surface area contributed by atoms with E-state index in [9.17, 15) is 14.9 Å². The minimum atomic E-state index is -0.678. The smallest absolute Gasteiger partial charge is 0.293 e. The Morgan fingerprint density at radius 2 is 2.25 bits per heavy atom. The van der Waals surface area contributed by atoms with Gasteiger partial charge >= 0.3 is 0 Å². The average molecular weight is 350 g/mol. The van der Waals surface area contributed by atoms with E-state index >= 15 is 0 Å². The number of nitro groups is 1. The van der Waals surface area contributed by atoms with Gasteiger partial charge < -0.3 is 0 Å². The molecule has 0 atom stereocenters. The topological polar surface area (TPSA) is 84.0 Å². The van der Waals surface area contributed by atoms with Gasteiger partial charge in [0, 0.05) is 0 Å².